The molecule has 7 heteroatoms. The number of nitrogens with one attached hydrogen (secondary N) is 1. The lowest BCUT2D eigenvalue weighted by Gasteiger charge is -2.27. The Labute approximate surface area is 133 Å². The van der Waals surface area contributed by atoms with E-state index in [9.17, 15) is 4.39 Å². The summed E-state index contributed by atoms with van der Waals surface area (Å²) in [6.45, 7) is 1.09. The number of aromatic amines is 1. The molecule has 2 heterocycles. The molecule has 3 rings (SSSR count). The summed E-state index contributed by atoms with van der Waals surface area (Å²) in [5.74, 6) is 0.512. The van der Waals surface area contributed by atoms with E-state index < -0.39 is 0 Å². The van der Waals surface area contributed by atoms with Gasteiger partial charge in [0.1, 0.15) is 18.2 Å². The Bertz CT molecular complexity index is 685. The molecule has 0 bridgehead atoms. The number of nitrogens with zero attached hydrogens (tertiary/aromatic N) is 1. The zero-order valence-corrected chi connectivity index (χ0v) is 13.0. The molecule has 0 radical (unpaired) electrons. The fourth-order valence-electron chi connectivity index (χ4n) is 2.67. The molecule has 1 aromatic heterocycles. The highest BCUT2D eigenvalue weighted by atomic mass is 35.5. The van der Waals surface area contributed by atoms with Crippen molar-refractivity contribution in [3.05, 3.63) is 46.2 Å². The van der Waals surface area contributed by atoms with Crippen LogP contribution in [0.15, 0.2) is 24.4 Å². The number of ether oxygens (including phenoxy) is 1. The van der Waals surface area contributed by atoms with Crippen molar-refractivity contribution in [2.24, 2.45) is 5.73 Å². The smallest absolute Gasteiger partial charge is 0.177 e. The number of fused-ring (bicyclic) bond motifs is 1. The monoisotopic (exact) mass is 329 g/mol. The Morgan fingerprint density at radius 2 is 2.29 bits per heavy atom. The molecular weight excluding hydrogens is 313 g/mol. The van der Waals surface area contributed by atoms with Crippen LogP contribution in [0.25, 0.3) is 0 Å². The molecule has 3 N–H and O–H groups in total. The Balaban J connectivity index is 0.00000161. The summed E-state index contributed by atoms with van der Waals surface area (Å²) in [5.41, 5.74) is 7.56. The van der Waals surface area contributed by atoms with Crippen LogP contribution in [-0.2, 0) is 12.8 Å². The highest BCUT2D eigenvalue weighted by Gasteiger charge is 2.23. The molecule has 0 spiro atoms. The molecule has 0 fully saturated rings. The first kappa shape index (κ1) is 16.0. The number of nitrogens with two attached hydrogens (primary N) is 1. The molecule has 1 atom stereocenters. The maximum Gasteiger partial charge on any atom is 0.177 e. The number of hydrogen-bond acceptors (Lipinski definition) is 3. The third-order valence-corrected chi connectivity index (χ3v) is 3.88. The van der Waals surface area contributed by atoms with E-state index in [4.69, 9.17) is 22.7 Å². The largest absolute Gasteiger partial charge is 0.491 e. The van der Waals surface area contributed by atoms with E-state index in [2.05, 4.69) is 4.98 Å². The van der Waals surface area contributed by atoms with Crippen LogP contribution in [0.1, 0.15) is 17.3 Å². The number of imidazole rings is 1. The van der Waals surface area contributed by atoms with Gasteiger partial charge in [-0.3, -0.25) is 0 Å². The Morgan fingerprint density at radius 1 is 1.48 bits per heavy atom. The topological polar surface area (TPSA) is 56.0 Å². The van der Waals surface area contributed by atoms with Crippen molar-refractivity contribution in [1.29, 1.82) is 0 Å². The summed E-state index contributed by atoms with van der Waals surface area (Å²) in [7, 11) is 0. The SMILES string of the molecule is Cl.NCCc1c[nH]c(=S)n1[C@@H]1COc2ccc(F)cc2C1. The van der Waals surface area contributed by atoms with Crippen LogP contribution >= 0.6 is 24.6 Å². The van der Waals surface area contributed by atoms with E-state index in [1.54, 1.807) is 6.07 Å². The lowest BCUT2D eigenvalue weighted by molar-refractivity contribution is 0.220. The molecule has 21 heavy (non-hydrogen) atoms. The molecule has 0 amide bonds. The molecule has 1 aromatic carbocycles. The molecule has 1 aliphatic rings. The van der Waals surface area contributed by atoms with E-state index in [-0.39, 0.29) is 24.3 Å². The minimum atomic E-state index is -0.243. The normalized spacial score (nSPS) is 16.8. The van der Waals surface area contributed by atoms with Crippen LogP contribution < -0.4 is 10.5 Å². The highest BCUT2D eigenvalue weighted by Crippen LogP contribution is 2.31. The molecule has 0 saturated heterocycles. The molecule has 0 unspecified atom stereocenters. The standard InChI is InChI=1S/C14H16FN3OS.ClH/c15-10-1-2-13-9(5-10)6-12(8-19-13)18-11(3-4-16)7-17-14(18)20;/h1-2,5,7,12H,3-4,6,8,16H2,(H,17,20);1H/t12-;/m0./s1. The summed E-state index contributed by atoms with van der Waals surface area (Å²) < 4.78 is 21.8. The average Bonchev–Trinajstić information content (AvgIpc) is 2.79. The molecule has 0 saturated carbocycles. The number of hydrogen-bond donors (Lipinski definition) is 2. The molecule has 2 aromatic rings. The van der Waals surface area contributed by atoms with Gasteiger partial charge in [0.2, 0.25) is 0 Å². The van der Waals surface area contributed by atoms with E-state index in [0.717, 1.165) is 23.4 Å². The minimum Gasteiger partial charge on any atom is -0.491 e. The van der Waals surface area contributed by atoms with Crippen LogP contribution in [-0.4, -0.2) is 22.7 Å². The third-order valence-electron chi connectivity index (χ3n) is 3.57. The zero-order valence-electron chi connectivity index (χ0n) is 11.3. The van der Waals surface area contributed by atoms with Crippen LogP contribution in [0.3, 0.4) is 0 Å². The second-order valence-corrected chi connectivity index (χ2v) is 5.30. The van der Waals surface area contributed by atoms with Crippen molar-refractivity contribution >= 4 is 24.6 Å². The van der Waals surface area contributed by atoms with E-state index >= 15 is 0 Å². The van der Waals surface area contributed by atoms with Gasteiger partial charge in [-0.15, -0.1) is 12.4 Å². The van der Waals surface area contributed by atoms with Crippen molar-refractivity contribution in [2.75, 3.05) is 13.2 Å². The Morgan fingerprint density at radius 3 is 3.05 bits per heavy atom. The maximum atomic E-state index is 13.3. The predicted octanol–water partition coefficient (Wildman–Crippen LogP) is 2.78. The second kappa shape index (κ2) is 6.60. The van der Waals surface area contributed by atoms with Crippen molar-refractivity contribution in [3.8, 4) is 5.75 Å². The van der Waals surface area contributed by atoms with Crippen molar-refractivity contribution in [1.82, 2.24) is 9.55 Å². The fourth-order valence-corrected chi connectivity index (χ4v) is 2.99. The van der Waals surface area contributed by atoms with E-state index in [0.29, 0.717) is 24.3 Å². The number of halogens is 2. The van der Waals surface area contributed by atoms with Crippen molar-refractivity contribution in [2.45, 2.75) is 18.9 Å². The van der Waals surface area contributed by atoms with Gasteiger partial charge in [0.25, 0.3) is 0 Å². The minimum absolute atomic E-state index is 0. The molecule has 1 aliphatic heterocycles. The van der Waals surface area contributed by atoms with E-state index in [1.807, 2.05) is 10.8 Å². The quantitative estimate of drug-likeness (QED) is 0.851. The lowest BCUT2D eigenvalue weighted by Crippen LogP contribution is -2.26. The maximum absolute atomic E-state index is 13.3. The van der Waals surface area contributed by atoms with Gasteiger partial charge in [-0.05, 0) is 42.5 Å². The number of rotatable bonds is 3. The highest BCUT2D eigenvalue weighted by molar-refractivity contribution is 7.71. The lowest BCUT2D eigenvalue weighted by atomic mass is 10.0. The molecular formula is C14H17ClFN3OS. The first-order valence-corrected chi connectivity index (χ1v) is 7.00. The van der Waals surface area contributed by atoms with Gasteiger partial charge in [0, 0.05) is 24.7 Å². The van der Waals surface area contributed by atoms with Crippen molar-refractivity contribution in [3.63, 3.8) is 0 Å². The fraction of sp³-hybridized carbons (Fsp3) is 0.357. The summed E-state index contributed by atoms with van der Waals surface area (Å²) in [6.07, 6.45) is 3.34. The summed E-state index contributed by atoms with van der Waals surface area (Å²) in [4.78, 5) is 3.05. The zero-order chi connectivity index (χ0) is 14.1. The summed E-state index contributed by atoms with van der Waals surface area (Å²) in [6, 6.07) is 4.70. The van der Waals surface area contributed by atoms with Crippen LogP contribution in [0, 0.1) is 10.6 Å². The first-order valence-electron chi connectivity index (χ1n) is 6.59. The van der Waals surface area contributed by atoms with Gasteiger partial charge >= 0.3 is 0 Å². The van der Waals surface area contributed by atoms with Crippen LogP contribution in [0.4, 0.5) is 4.39 Å². The number of aromatic nitrogens is 2. The first-order chi connectivity index (χ1) is 9.69. The van der Waals surface area contributed by atoms with Gasteiger partial charge in [-0.1, -0.05) is 0 Å². The van der Waals surface area contributed by atoms with E-state index in [1.165, 1.54) is 12.1 Å². The Hall–Kier alpha value is -1.37. The van der Waals surface area contributed by atoms with Gasteiger partial charge in [0.15, 0.2) is 4.77 Å². The molecule has 4 nitrogen and oxygen atoms in total. The average molecular weight is 330 g/mol. The number of benzene rings is 1. The second-order valence-electron chi connectivity index (χ2n) is 4.91. The summed E-state index contributed by atoms with van der Waals surface area (Å²) in [5, 5.41) is 0. The van der Waals surface area contributed by atoms with Crippen LogP contribution in [0.5, 0.6) is 5.75 Å². The molecule has 0 aliphatic carbocycles. The van der Waals surface area contributed by atoms with Gasteiger partial charge in [-0.2, -0.15) is 0 Å². The third kappa shape index (κ3) is 3.12. The summed E-state index contributed by atoms with van der Waals surface area (Å²) >= 11 is 5.33. The predicted molar refractivity (Wildman–Crippen MR) is 84.3 cm³/mol. The number of H-pyrrole nitrogens is 1. The van der Waals surface area contributed by atoms with Crippen LogP contribution in [0.2, 0.25) is 0 Å². The van der Waals surface area contributed by atoms with Gasteiger partial charge in [-0.25, -0.2) is 4.39 Å². The van der Waals surface area contributed by atoms with Gasteiger partial charge < -0.3 is 20.0 Å². The molecule has 114 valence electrons. The van der Waals surface area contributed by atoms with Crippen molar-refractivity contribution < 1.29 is 9.13 Å². The van der Waals surface area contributed by atoms with Gasteiger partial charge in [0.05, 0.1) is 6.04 Å². The Kier molecular flexibility index (Phi) is 5.03.